The summed E-state index contributed by atoms with van der Waals surface area (Å²) < 4.78 is 20.8. The molecule has 0 amide bonds. The molecule has 1 unspecified atom stereocenters. The predicted molar refractivity (Wildman–Crippen MR) is 93.1 cm³/mol. The van der Waals surface area contributed by atoms with Gasteiger partial charge < -0.3 is 10.1 Å². The molecule has 124 valence electrons. The van der Waals surface area contributed by atoms with Crippen LogP contribution in [0.15, 0.2) is 42.6 Å². The Bertz CT molecular complexity index is 857. The molecule has 0 bridgehead atoms. The highest BCUT2D eigenvalue weighted by atomic mass is 35.5. The van der Waals surface area contributed by atoms with Crippen LogP contribution in [0, 0.1) is 5.82 Å². The van der Waals surface area contributed by atoms with Gasteiger partial charge in [-0.2, -0.15) is 0 Å². The molecule has 1 N–H and O–H groups in total. The van der Waals surface area contributed by atoms with Crippen LogP contribution in [0.3, 0.4) is 0 Å². The SMILES string of the molecule is Fc1ccc(-c2nc3ccc(Cl)cn3c2NCC2CCCO2)cc1. The van der Waals surface area contributed by atoms with Gasteiger partial charge in [-0.1, -0.05) is 11.6 Å². The van der Waals surface area contributed by atoms with E-state index in [9.17, 15) is 4.39 Å². The Morgan fingerprint density at radius 3 is 2.83 bits per heavy atom. The van der Waals surface area contributed by atoms with Gasteiger partial charge in [0.15, 0.2) is 0 Å². The van der Waals surface area contributed by atoms with E-state index in [1.165, 1.54) is 12.1 Å². The zero-order valence-corrected chi connectivity index (χ0v) is 13.8. The Hall–Kier alpha value is -2.11. The van der Waals surface area contributed by atoms with E-state index < -0.39 is 0 Å². The monoisotopic (exact) mass is 345 g/mol. The maximum absolute atomic E-state index is 13.2. The lowest BCUT2D eigenvalue weighted by Crippen LogP contribution is -2.19. The van der Waals surface area contributed by atoms with E-state index in [0.717, 1.165) is 42.2 Å². The van der Waals surface area contributed by atoms with Crippen LogP contribution in [0.5, 0.6) is 0 Å². The molecule has 0 aliphatic carbocycles. The summed E-state index contributed by atoms with van der Waals surface area (Å²) in [5.74, 6) is 0.578. The Balaban J connectivity index is 1.75. The van der Waals surface area contributed by atoms with E-state index in [4.69, 9.17) is 16.3 Å². The van der Waals surface area contributed by atoms with Gasteiger partial charge in [0, 0.05) is 24.9 Å². The lowest BCUT2D eigenvalue weighted by Gasteiger charge is -2.13. The van der Waals surface area contributed by atoms with Gasteiger partial charge in [-0.25, -0.2) is 9.37 Å². The maximum atomic E-state index is 13.2. The third-order valence-electron chi connectivity index (χ3n) is 4.22. The molecule has 0 saturated carbocycles. The molecule has 1 aliphatic rings. The second-order valence-electron chi connectivity index (χ2n) is 5.91. The molecule has 24 heavy (non-hydrogen) atoms. The van der Waals surface area contributed by atoms with Crippen LogP contribution >= 0.6 is 11.6 Å². The Kier molecular flexibility index (Phi) is 4.12. The molecule has 1 saturated heterocycles. The maximum Gasteiger partial charge on any atom is 0.139 e. The molecule has 2 aromatic heterocycles. The molecule has 0 spiro atoms. The summed E-state index contributed by atoms with van der Waals surface area (Å²) in [6, 6.07) is 10.0. The van der Waals surface area contributed by atoms with Crippen LogP contribution in [-0.4, -0.2) is 28.6 Å². The van der Waals surface area contributed by atoms with Crippen LogP contribution in [0.4, 0.5) is 10.2 Å². The number of ether oxygens (including phenoxy) is 1. The van der Waals surface area contributed by atoms with E-state index in [-0.39, 0.29) is 11.9 Å². The van der Waals surface area contributed by atoms with Crippen molar-refractivity contribution in [3.63, 3.8) is 0 Å². The highest BCUT2D eigenvalue weighted by Crippen LogP contribution is 2.30. The third kappa shape index (κ3) is 2.97. The van der Waals surface area contributed by atoms with Crippen molar-refractivity contribution in [1.29, 1.82) is 0 Å². The molecular formula is C18H17ClFN3O. The van der Waals surface area contributed by atoms with Crippen molar-refractivity contribution < 1.29 is 9.13 Å². The Labute approximate surface area is 144 Å². The van der Waals surface area contributed by atoms with Gasteiger partial charge in [-0.3, -0.25) is 4.40 Å². The van der Waals surface area contributed by atoms with Gasteiger partial charge >= 0.3 is 0 Å². The minimum Gasteiger partial charge on any atom is -0.376 e. The number of rotatable bonds is 4. The molecule has 3 aromatic rings. The first kappa shape index (κ1) is 15.4. The van der Waals surface area contributed by atoms with Crippen LogP contribution in [0.1, 0.15) is 12.8 Å². The molecule has 0 radical (unpaired) electrons. The lowest BCUT2D eigenvalue weighted by atomic mass is 10.1. The highest BCUT2D eigenvalue weighted by molar-refractivity contribution is 6.30. The van der Waals surface area contributed by atoms with E-state index in [1.807, 2.05) is 22.7 Å². The summed E-state index contributed by atoms with van der Waals surface area (Å²) in [5.41, 5.74) is 2.41. The third-order valence-corrected chi connectivity index (χ3v) is 4.44. The molecule has 3 heterocycles. The number of nitrogens with zero attached hydrogens (tertiary/aromatic N) is 2. The zero-order chi connectivity index (χ0) is 16.5. The summed E-state index contributed by atoms with van der Waals surface area (Å²) in [7, 11) is 0. The molecule has 1 aromatic carbocycles. The fourth-order valence-corrected chi connectivity index (χ4v) is 3.17. The summed E-state index contributed by atoms with van der Waals surface area (Å²) in [5, 5.41) is 4.07. The number of imidazole rings is 1. The van der Waals surface area contributed by atoms with Crippen LogP contribution in [0.2, 0.25) is 5.02 Å². The van der Waals surface area contributed by atoms with E-state index in [1.54, 1.807) is 12.1 Å². The summed E-state index contributed by atoms with van der Waals surface area (Å²) in [6.07, 6.45) is 4.18. The predicted octanol–water partition coefficient (Wildman–Crippen LogP) is 4.38. The number of pyridine rings is 1. The molecule has 6 heteroatoms. The van der Waals surface area contributed by atoms with E-state index in [0.29, 0.717) is 11.6 Å². The van der Waals surface area contributed by atoms with Gasteiger partial charge in [0.1, 0.15) is 23.0 Å². The van der Waals surface area contributed by atoms with Crippen molar-refractivity contribution in [2.45, 2.75) is 18.9 Å². The number of benzene rings is 1. The van der Waals surface area contributed by atoms with Crippen molar-refractivity contribution in [3.8, 4) is 11.3 Å². The first-order valence-corrected chi connectivity index (χ1v) is 8.37. The molecule has 1 aliphatic heterocycles. The second kappa shape index (κ2) is 6.42. The number of nitrogens with one attached hydrogen (secondary N) is 1. The number of anilines is 1. The number of hydrogen-bond donors (Lipinski definition) is 1. The second-order valence-corrected chi connectivity index (χ2v) is 6.34. The van der Waals surface area contributed by atoms with Gasteiger partial charge in [0.25, 0.3) is 0 Å². The largest absolute Gasteiger partial charge is 0.376 e. The minimum atomic E-state index is -0.264. The summed E-state index contributed by atoms with van der Waals surface area (Å²) >= 11 is 6.14. The van der Waals surface area contributed by atoms with Crippen molar-refractivity contribution in [3.05, 3.63) is 53.4 Å². The fourth-order valence-electron chi connectivity index (χ4n) is 3.01. The number of halogens is 2. The van der Waals surface area contributed by atoms with E-state index >= 15 is 0 Å². The first-order chi connectivity index (χ1) is 11.7. The van der Waals surface area contributed by atoms with Gasteiger partial charge in [-0.05, 0) is 49.2 Å². The molecular weight excluding hydrogens is 329 g/mol. The quantitative estimate of drug-likeness (QED) is 0.762. The van der Waals surface area contributed by atoms with Crippen LogP contribution in [-0.2, 0) is 4.74 Å². The van der Waals surface area contributed by atoms with Gasteiger partial charge in [-0.15, -0.1) is 0 Å². The summed E-state index contributed by atoms with van der Waals surface area (Å²) in [6.45, 7) is 1.52. The summed E-state index contributed by atoms with van der Waals surface area (Å²) in [4.78, 5) is 4.68. The van der Waals surface area contributed by atoms with Gasteiger partial charge in [0.05, 0.1) is 11.1 Å². The first-order valence-electron chi connectivity index (χ1n) is 8.00. The molecule has 4 nitrogen and oxygen atoms in total. The smallest absolute Gasteiger partial charge is 0.139 e. The van der Waals surface area contributed by atoms with Crippen molar-refractivity contribution in [2.24, 2.45) is 0 Å². The molecule has 1 atom stereocenters. The number of hydrogen-bond acceptors (Lipinski definition) is 3. The molecule has 4 rings (SSSR count). The fraction of sp³-hybridized carbons (Fsp3) is 0.278. The van der Waals surface area contributed by atoms with Crippen LogP contribution < -0.4 is 5.32 Å². The standard InChI is InChI=1S/C18H17ClFN3O/c19-13-5-8-16-22-17(12-3-6-14(20)7-4-12)18(23(16)11-13)21-10-15-2-1-9-24-15/h3-8,11,15,21H,1-2,9-10H2. The average molecular weight is 346 g/mol. The van der Waals surface area contributed by atoms with E-state index in [2.05, 4.69) is 10.3 Å². The molecule has 1 fully saturated rings. The average Bonchev–Trinajstić information content (AvgIpc) is 3.21. The van der Waals surface area contributed by atoms with Crippen molar-refractivity contribution >= 4 is 23.1 Å². The van der Waals surface area contributed by atoms with Crippen molar-refractivity contribution in [2.75, 3.05) is 18.5 Å². The van der Waals surface area contributed by atoms with Gasteiger partial charge in [0.2, 0.25) is 0 Å². The topological polar surface area (TPSA) is 38.6 Å². The van der Waals surface area contributed by atoms with Crippen molar-refractivity contribution in [1.82, 2.24) is 9.38 Å². The Morgan fingerprint density at radius 2 is 2.08 bits per heavy atom. The zero-order valence-electron chi connectivity index (χ0n) is 13.0. The number of fused-ring (bicyclic) bond motifs is 1. The highest BCUT2D eigenvalue weighted by Gasteiger charge is 2.19. The minimum absolute atomic E-state index is 0.204. The van der Waals surface area contributed by atoms with Crippen LogP contribution in [0.25, 0.3) is 16.9 Å². The lowest BCUT2D eigenvalue weighted by molar-refractivity contribution is 0.120. The Morgan fingerprint density at radius 1 is 1.25 bits per heavy atom. The number of aromatic nitrogens is 2. The normalized spacial score (nSPS) is 17.5.